The Labute approximate surface area is 160 Å². The van der Waals surface area contributed by atoms with Crippen molar-refractivity contribution >= 4 is 45.0 Å². The molecule has 1 aliphatic heterocycles. The van der Waals surface area contributed by atoms with Crippen LogP contribution < -0.4 is 4.90 Å². The van der Waals surface area contributed by atoms with E-state index in [1.54, 1.807) is 11.3 Å². The van der Waals surface area contributed by atoms with E-state index in [1.807, 2.05) is 23.1 Å². The molecule has 3 aromatic rings. The van der Waals surface area contributed by atoms with Gasteiger partial charge in [-0.15, -0.1) is 21.5 Å². The van der Waals surface area contributed by atoms with Crippen LogP contribution in [0.25, 0.3) is 10.7 Å². The summed E-state index contributed by atoms with van der Waals surface area (Å²) in [4.78, 5) is 7.59. The Kier molecular flexibility index (Phi) is 5.06. The molecule has 0 N–H and O–H groups in total. The first-order valence-electron chi connectivity index (χ1n) is 7.62. The van der Waals surface area contributed by atoms with Gasteiger partial charge in [0.05, 0.1) is 23.8 Å². The van der Waals surface area contributed by atoms with Crippen molar-refractivity contribution in [2.75, 3.05) is 31.2 Å². The molecule has 1 saturated heterocycles. The molecule has 1 fully saturated rings. The highest BCUT2D eigenvalue weighted by atomic mass is 79.9. The largest absolute Gasteiger partial charge is 0.378 e. The number of thiophene rings is 1. The number of hydrogen-bond acceptors (Lipinski definition) is 9. The minimum Gasteiger partial charge on any atom is -0.378 e. The van der Waals surface area contributed by atoms with Gasteiger partial charge in [-0.2, -0.15) is 4.98 Å². The lowest BCUT2D eigenvalue weighted by Crippen LogP contribution is -2.37. The molecule has 3 aromatic heterocycles. The Hall–Kier alpha value is -1.43. The van der Waals surface area contributed by atoms with Crippen molar-refractivity contribution < 1.29 is 9.26 Å². The molecule has 132 valence electrons. The van der Waals surface area contributed by atoms with Gasteiger partial charge in [0.2, 0.25) is 17.7 Å². The lowest BCUT2D eigenvalue weighted by atomic mass is 10.4. The van der Waals surface area contributed by atoms with Crippen LogP contribution in [-0.4, -0.2) is 51.2 Å². The average Bonchev–Trinajstić information content (AvgIpc) is 3.34. The van der Waals surface area contributed by atoms with Crippen LogP contribution in [-0.2, 0) is 17.5 Å². The van der Waals surface area contributed by atoms with Crippen molar-refractivity contribution in [2.45, 2.75) is 10.9 Å². The number of nitrogens with zero attached hydrogens (tertiary/aromatic N) is 6. The van der Waals surface area contributed by atoms with Crippen LogP contribution in [0.1, 0.15) is 5.89 Å². The molecule has 0 aromatic carbocycles. The molecule has 0 atom stereocenters. The number of thioether (sulfide) groups is 1. The maximum Gasteiger partial charge on any atom is 0.237 e. The second-order valence-electron chi connectivity index (χ2n) is 5.37. The van der Waals surface area contributed by atoms with Crippen molar-refractivity contribution in [3.05, 3.63) is 21.8 Å². The van der Waals surface area contributed by atoms with Gasteiger partial charge in [0, 0.05) is 30.0 Å². The zero-order chi connectivity index (χ0) is 17.2. The summed E-state index contributed by atoms with van der Waals surface area (Å²) in [6, 6.07) is 1.98. The first-order valence-corrected chi connectivity index (χ1v) is 10.3. The van der Waals surface area contributed by atoms with E-state index >= 15 is 0 Å². The third kappa shape index (κ3) is 3.73. The van der Waals surface area contributed by atoms with Gasteiger partial charge in [-0.3, -0.25) is 4.57 Å². The maximum absolute atomic E-state index is 5.38. The minimum absolute atomic E-state index is 0.550. The molecule has 0 saturated carbocycles. The molecule has 0 bridgehead atoms. The predicted molar refractivity (Wildman–Crippen MR) is 98.9 cm³/mol. The fourth-order valence-corrected chi connectivity index (χ4v) is 4.54. The van der Waals surface area contributed by atoms with E-state index in [2.05, 4.69) is 41.2 Å². The fraction of sp³-hybridized carbons (Fsp3) is 0.429. The molecule has 11 heteroatoms. The van der Waals surface area contributed by atoms with Crippen LogP contribution >= 0.6 is 39.0 Å². The lowest BCUT2D eigenvalue weighted by Gasteiger charge is -2.27. The third-order valence-electron chi connectivity index (χ3n) is 3.69. The van der Waals surface area contributed by atoms with Crippen LogP contribution in [0.15, 0.2) is 25.6 Å². The molecule has 0 aliphatic carbocycles. The van der Waals surface area contributed by atoms with Crippen LogP contribution in [0.5, 0.6) is 0 Å². The number of hydrogen-bond donors (Lipinski definition) is 0. The Morgan fingerprint density at radius 1 is 1.32 bits per heavy atom. The molecule has 4 heterocycles. The van der Waals surface area contributed by atoms with E-state index in [0.717, 1.165) is 46.8 Å². The molecular formula is C14H15BrN6O2S2. The predicted octanol–water partition coefficient (Wildman–Crippen LogP) is 2.82. The number of ether oxygens (including phenoxy) is 1. The molecule has 4 rings (SSSR count). The van der Waals surface area contributed by atoms with Gasteiger partial charge in [-0.1, -0.05) is 16.9 Å². The minimum atomic E-state index is 0.550. The maximum atomic E-state index is 5.38. The van der Waals surface area contributed by atoms with Crippen molar-refractivity contribution in [3.63, 3.8) is 0 Å². The summed E-state index contributed by atoms with van der Waals surface area (Å²) in [7, 11) is 1.97. The first-order chi connectivity index (χ1) is 12.2. The Bertz CT molecular complexity index is 857. The molecular weight excluding hydrogens is 428 g/mol. The quantitative estimate of drug-likeness (QED) is 0.557. The van der Waals surface area contributed by atoms with Gasteiger partial charge in [0.1, 0.15) is 0 Å². The van der Waals surface area contributed by atoms with Gasteiger partial charge in [0.15, 0.2) is 5.16 Å². The molecule has 0 spiro atoms. The standard InChI is InChI=1S/C14H15BrN6O2S2/c1-20-13(21-2-4-22-5-3-21)17-18-14(20)25-8-11-16-12(19-23-11)10-6-9(15)7-24-10/h6-7H,2-5,8H2,1H3. The van der Waals surface area contributed by atoms with Crippen molar-refractivity contribution in [2.24, 2.45) is 7.05 Å². The van der Waals surface area contributed by atoms with E-state index in [1.165, 1.54) is 11.8 Å². The molecule has 0 radical (unpaired) electrons. The zero-order valence-electron chi connectivity index (χ0n) is 13.4. The summed E-state index contributed by atoms with van der Waals surface area (Å²) in [5.41, 5.74) is 0. The number of aromatic nitrogens is 5. The monoisotopic (exact) mass is 442 g/mol. The van der Waals surface area contributed by atoms with E-state index in [4.69, 9.17) is 9.26 Å². The SMILES string of the molecule is Cn1c(SCc2nc(-c3cc(Br)cs3)no2)nnc1N1CCOCC1. The average molecular weight is 443 g/mol. The van der Waals surface area contributed by atoms with Gasteiger partial charge < -0.3 is 14.2 Å². The highest BCUT2D eigenvalue weighted by molar-refractivity contribution is 9.10. The topological polar surface area (TPSA) is 82.1 Å². The van der Waals surface area contributed by atoms with Gasteiger partial charge in [-0.25, -0.2) is 0 Å². The van der Waals surface area contributed by atoms with Gasteiger partial charge in [-0.05, 0) is 22.0 Å². The number of morpholine rings is 1. The number of anilines is 1. The van der Waals surface area contributed by atoms with E-state index in [9.17, 15) is 0 Å². The van der Waals surface area contributed by atoms with E-state index in [0.29, 0.717) is 17.5 Å². The highest BCUT2D eigenvalue weighted by Gasteiger charge is 2.19. The van der Waals surface area contributed by atoms with Crippen molar-refractivity contribution in [3.8, 4) is 10.7 Å². The van der Waals surface area contributed by atoms with E-state index < -0.39 is 0 Å². The smallest absolute Gasteiger partial charge is 0.237 e. The zero-order valence-corrected chi connectivity index (χ0v) is 16.6. The summed E-state index contributed by atoms with van der Waals surface area (Å²) in [6.45, 7) is 3.11. The van der Waals surface area contributed by atoms with Gasteiger partial charge >= 0.3 is 0 Å². The van der Waals surface area contributed by atoms with Crippen molar-refractivity contribution in [1.29, 1.82) is 0 Å². The summed E-state index contributed by atoms with van der Waals surface area (Å²) >= 11 is 6.53. The normalized spacial score (nSPS) is 15.0. The Balaban J connectivity index is 1.42. The summed E-state index contributed by atoms with van der Waals surface area (Å²) in [5.74, 6) is 2.59. The molecule has 8 nitrogen and oxygen atoms in total. The molecule has 0 amide bonds. The summed E-state index contributed by atoms with van der Waals surface area (Å²) in [5, 5.41) is 15.4. The third-order valence-corrected chi connectivity index (χ3v) is 6.38. The first kappa shape index (κ1) is 17.0. The fourth-order valence-electron chi connectivity index (χ4n) is 2.44. The number of rotatable bonds is 5. The van der Waals surface area contributed by atoms with Crippen LogP contribution in [0, 0.1) is 0 Å². The van der Waals surface area contributed by atoms with Crippen molar-refractivity contribution in [1.82, 2.24) is 24.9 Å². The second kappa shape index (κ2) is 7.44. The second-order valence-corrected chi connectivity index (χ2v) is 8.14. The van der Waals surface area contributed by atoms with Crippen LogP contribution in [0.2, 0.25) is 0 Å². The lowest BCUT2D eigenvalue weighted by molar-refractivity contribution is 0.121. The van der Waals surface area contributed by atoms with Crippen LogP contribution in [0.3, 0.4) is 0 Å². The summed E-state index contributed by atoms with van der Waals surface area (Å²) in [6.07, 6.45) is 0. The molecule has 0 unspecified atom stereocenters. The van der Waals surface area contributed by atoms with Crippen LogP contribution in [0.4, 0.5) is 5.95 Å². The highest BCUT2D eigenvalue weighted by Crippen LogP contribution is 2.29. The molecule has 1 aliphatic rings. The Morgan fingerprint density at radius 2 is 2.16 bits per heavy atom. The van der Waals surface area contributed by atoms with E-state index in [-0.39, 0.29) is 0 Å². The number of halogens is 1. The Morgan fingerprint density at radius 3 is 2.92 bits per heavy atom. The summed E-state index contributed by atoms with van der Waals surface area (Å²) < 4.78 is 13.7. The molecule has 25 heavy (non-hydrogen) atoms. The van der Waals surface area contributed by atoms with Gasteiger partial charge in [0.25, 0.3) is 0 Å².